The standard InChI is InChI=1S/C26H33N3O4/c1-17(2)29-15-21(24(30)22(16-29)26(32)28-11-8-18(3)9-12-28)25(31)27-14-23-20-7-5-4-6-19(20)10-13-33-23/h4-7,15-18,23H,8-14H2,1-3H3,(H,27,31)/t23-/m0/s1. The lowest BCUT2D eigenvalue weighted by molar-refractivity contribution is 0.0411. The summed E-state index contributed by atoms with van der Waals surface area (Å²) in [6, 6.07) is 8.04. The molecule has 7 heteroatoms. The Bertz CT molecular complexity index is 1080. The van der Waals surface area contributed by atoms with Crippen LogP contribution in [0.4, 0.5) is 0 Å². The summed E-state index contributed by atoms with van der Waals surface area (Å²) >= 11 is 0. The average Bonchev–Trinajstić information content (AvgIpc) is 2.82. The first-order chi connectivity index (χ1) is 15.8. The number of ether oxygens (including phenoxy) is 1. The Morgan fingerprint density at radius 1 is 1.12 bits per heavy atom. The zero-order chi connectivity index (χ0) is 23.5. The van der Waals surface area contributed by atoms with Gasteiger partial charge in [0.05, 0.1) is 6.61 Å². The fourth-order valence-electron chi connectivity index (χ4n) is 4.52. The van der Waals surface area contributed by atoms with E-state index in [-0.39, 0.29) is 35.7 Å². The van der Waals surface area contributed by atoms with E-state index in [2.05, 4.69) is 18.3 Å². The van der Waals surface area contributed by atoms with E-state index in [0.717, 1.165) is 24.8 Å². The first-order valence-corrected chi connectivity index (χ1v) is 11.9. The van der Waals surface area contributed by atoms with E-state index in [9.17, 15) is 14.4 Å². The summed E-state index contributed by atoms with van der Waals surface area (Å²) in [5.41, 5.74) is 1.81. The minimum Gasteiger partial charge on any atom is -0.371 e. The smallest absolute Gasteiger partial charge is 0.259 e. The number of amides is 2. The number of carbonyl (C=O) groups is 2. The molecule has 1 aromatic carbocycles. The Morgan fingerprint density at radius 2 is 1.82 bits per heavy atom. The molecule has 0 spiro atoms. The third-order valence-corrected chi connectivity index (χ3v) is 6.73. The number of aromatic nitrogens is 1. The summed E-state index contributed by atoms with van der Waals surface area (Å²) < 4.78 is 7.64. The van der Waals surface area contributed by atoms with Crippen LogP contribution in [-0.4, -0.2) is 47.5 Å². The summed E-state index contributed by atoms with van der Waals surface area (Å²) in [5, 5.41) is 2.87. The lowest BCUT2D eigenvalue weighted by Crippen LogP contribution is -2.42. The van der Waals surface area contributed by atoms with Crippen LogP contribution in [0.15, 0.2) is 41.5 Å². The van der Waals surface area contributed by atoms with Gasteiger partial charge in [0, 0.05) is 38.1 Å². The summed E-state index contributed by atoms with van der Waals surface area (Å²) in [6.07, 6.45) is 5.57. The first-order valence-electron chi connectivity index (χ1n) is 11.9. The van der Waals surface area contributed by atoms with Crippen LogP contribution in [0.1, 0.15) is 77.6 Å². The number of pyridine rings is 1. The van der Waals surface area contributed by atoms with Gasteiger partial charge in [-0.1, -0.05) is 31.2 Å². The van der Waals surface area contributed by atoms with E-state index >= 15 is 0 Å². The van der Waals surface area contributed by atoms with Crippen LogP contribution in [-0.2, 0) is 11.2 Å². The lowest BCUT2D eigenvalue weighted by Gasteiger charge is -2.30. The Balaban J connectivity index is 1.56. The van der Waals surface area contributed by atoms with Gasteiger partial charge in [-0.25, -0.2) is 0 Å². The number of nitrogens with one attached hydrogen (secondary N) is 1. The number of likely N-dealkylation sites (tertiary alicyclic amines) is 1. The first kappa shape index (κ1) is 23.2. The highest BCUT2D eigenvalue weighted by molar-refractivity contribution is 5.99. The second-order valence-electron chi connectivity index (χ2n) is 9.45. The monoisotopic (exact) mass is 451 g/mol. The van der Waals surface area contributed by atoms with Crippen molar-refractivity contribution in [1.29, 1.82) is 0 Å². The van der Waals surface area contributed by atoms with Crippen molar-refractivity contribution in [1.82, 2.24) is 14.8 Å². The van der Waals surface area contributed by atoms with Gasteiger partial charge in [-0.05, 0) is 50.2 Å². The number of carbonyl (C=O) groups excluding carboxylic acids is 2. The molecule has 2 aliphatic heterocycles. The van der Waals surface area contributed by atoms with E-state index < -0.39 is 11.3 Å². The molecule has 0 saturated carbocycles. The topological polar surface area (TPSA) is 80.6 Å². The molecule has 1 saturated heterocycles. The van der Waals surface area contributed by atoms with E-state index in [1.54, 1.807) is 21.9 Å². The molecule has 176 valence electrons. The van der Waals surface area contributed by atoms with E-state index in [1.807, 2.05) is 32.0 Å². The summed E-state index contributed by atoms with van der Waals surface area (Å²) in [5.74, 6) is -0.200. The van der Waals surface area contributed by atoms with Crippen LogP contribution < -0.4 is 10.7 Å². The van der Waals surface area contributed by atoms with Crippen molar-refractivity contribution in [2.24, 2.45) is 5.92 Å². The maximum Gasteiger partial charge on any atom is 0.259 e. The van der Waals surface area contributed by atoms with Gasteiger partial charge in [0.15, 0.2) is 0 Å². The second kappa shape index (κ2) is 9.91. The van der Waals surface area contributed by atoms with Gasteiger partial charge >= 0.3 is 0 Å². The SMILES string of the molecule is CC1CCN(C(=O)c2cn(C(C)C)cc(C(=O)NC[C@@H]3OCCc4ccccc43)c2=O)CC1. The molecule has 1 atom stereocenters. The molecule has 2 aliphatic rings. The summed E-state index contributed by atoms with van der Waals surface area (Å²) in [7, 11) is 0. The van der Waals surface area contributed by atoms with Crippen LogP contribution in [0.5, 0.6) is 0 Å². The Hall–Kier alpha value is -2.93. The molecular formula is C26H33N3O4. The highest BCUT2D eigenvalue weighted by Crippen LogP contribution is 2.26. The summed E-state index contributed by atoms with van der Waals surface area (Å²) in [6.45, 7) is 8.21. The van der Waals surface area contributed by atoms with Crippen molar-refractivity contribution in [2.45, 2.75) is 52.2 Å². The Kier molecular flexibility index (Phi) is 6.98. The Labute approximate surface area is 194 Å². The molecule has 1 fully saturated rings. The molecule has 2 aromatic rings. The zero-order valence-corrected chi connectivity index (χ0v) is 19.7. The molecule has 2 amide bonds. The largest absolute Gasteiger partial charge is 0.371 e. The van der Waals surface area contributed by atoms with Crippen molar-refractivity contribution in [3.05, 3.63) is 69.1 Å². The zero-order valence-electron chi connectivity index (χ0n) is 19.7. The lowest BCUT2D eigenvalue weighted by atomic mass is 9.97. The van der Waals surface area contributed by atoms with Crippen LogP contribution in [0.25, 0.3) is 0 Å². The number of rotatable bonds is 5. The second-order valence-corrected chi connectivity index (χ2v) is 9.45. The number of piperidine rings is 1. The molecule has 3 heterocycles. The maximum atomic E-state index is 13.2. The molecule has 0 unspecified atom stereocenters. The van der Waals surface area contributed by atoms with Gasteiger partial charge in [-0.15, -0.1) is 0 Å². The molecule has 0 bridgehead atoms. The van der Waals surface area contributed by atoms with E-state index in [1.165, 1.54) is 5.56 Å². The molecule has 1 aromatic heterocycles. The number of hydrogen-bond donors (Lipinski definition) is 1. The van der Waals surface area contributed by atoms with Gasteiger partial charge in [0.2, 0.25) is 5.43 Å². The molecule has 0 radical (unpaired) electrons. The number of fused-ring (bicyclic) bond motifs is 1. The highest BCUT2D eigenvalue weighted by Gasteiger charge is 2.27. The van der Waals surface area contributed by atoms with Crippen LogP contribution in [0.3, 0.4) is 0 Å². The Morgan fingerprint density at radius 3 is 2.55 bits per heavy atom. The highest BCUT2D eigenvalue weighted by atomic mass is 16.5. The van der Waals surface area contributed by atoms with Crippen molar-refractivity contribution in [3.63, 3.8) is 0 Å². The molecule has 7 nitrogen and oxygen atoms in total. The van der Waals surface area contributed by atoms with Crippen LogP contribution >= 0.6 is 0 Å². The minimum absolute atomic E-state index is 0.00127. The predicted octanol–water partition coefficient (Wildman–Crippen LogP) is 3.35. The van der Waals surface area contributed by atoms with E-state index in [4.69, 9.17) is 4.74 Å². The maximum absolute atomic E-state index is 13.2. The average molecular weight is 452 g/mol. The molecule has 4 rings (SSSR count). The number of hydrogen-bond acceptors (Lipinski definition) is 4. The fraction of sp³-hybridized carbons (Fsp3) is 0.500. The quantitative estimate of drug-likeness (QED) is 0.756. The van der Waals surface area contributed by atoms with Crippen molar-refractivity contribution >= 4 is 11.8 Å². The van der Waals surface area contributed by atoms with Gasteiger partial charge in [0.25, 0.3) is 11.8 Å². The number of nitrogens with zero attached hydrogens (tertiary/aromatic N) is 2. The third-order valence-electron chi connectivity index (χ3n) is 6.73. The molecule has 0 aliphatic carbocycles. The van der Waals surface area contributed by atoms with Gasteiger partial charge < -0.3 is 19.5 Å². The molecule has 33 heavy (non-hydrogen) atoms. The van der Waals surface area contributed by atoms with Crippen molar-refractivity contribution in [3.8, 4) is 0 Å². The van der Waals surface area contributed by atoms with Gasteiger partial charge in [-0.3, -0.25) is 14.4 Å². The number of benzene rings is 1. The van der Waals surface area contributed by atoms with Crippen molar-refractivity contribution in [2.75, 3.05) is 26.2 Å². The fourth-order valence-corrected chi connectivity index (χ4v) is 4.52. The van der Waals surface area contributed by atoms with Crippen molar-refractivity contribution < 1.29 is 14.3 Å². The van der Waals surface area contributed by atoms with Gasteiger partial charge in [-0.2, -0.15) is 0 Å². The van der Waals surface area contributed by atoms with E-state index in [0.29, 0.717) is 25.6 Å². The molecular weight excluding hydrogens is 418 g/mol. The molecule has 1 N–H and O–H groups in total. The third kappa shape index (κ3) is 5.03. The van der Waals surface area contributed by atoms with Crippen LogP contribution in [0, 0.1) is 5.92 Å². The predicted molar refractivity (Wildman–Crippen MR) is 127 cm³/mol. The van der Waals surface area contributed by atoms with Crippen LogP contribution in [0.2, 0.25) is 0 Å². The van der Waals surface area contributed by atoms with Gasteiger partial charge in [0.1, 0.15) is 17.2 Å². The normalized spacial score (nSPS) is 18.8. The minimum atomic E-state index is -0.516. The summed E-state index contributed by atoms with van der Waals surface area (Å²) in [4.78, 5) is 41.2.